The fraction of sp³-hybridized carbons (Fsp3) is 0.308. The Hall–Kier alpha value is -1.13. The van der Waals surface area contributed by atoms with E-state index < -0.39 is 0 Å². The Morgan fingerprint density at radius 3 is 2.65 bits per heavy atom. The fourth-order valence-electron chi connectivity index (χ4n) is 1.97. The second-order valence-corrected chi connectivity index (χ2v) is 5.00. The summed E-state index contributed by atoms with van der Waals surface area (Å²) in [6.45, 7) is 4.65. The SMILES string of the molecule is Cc1ccc(C)c(-c2c(Br)nc(CN)n2C)c1. The molecule has 0 aliphatic rings. The lowest BCUT2D eigenvalue weighted by Crippen LogP contribution is -2.05. The van der Waals surface area contributed by atoms with Crippen LogP contribution in [0.15, 0.2) is 22.8 Å². The molecule has 3 nitrogen and oxygen atoms in total. The van der Waals surface area contributed by atoms with Gasteiger partial charge in [0.1, 0.15) is 10.4 Å². The van der Waals surface area contributed by atoms with E-state index in [2.05, 4.69) is 53.0 Å². The number of benzene rings is 1. The molecule has 0 fully saturated rings. The number of hydrogen-bond donors (Lipinski definition) is 1. The molecule has 0 saturated carbocycles. The molecule has 2 N–H and O–H groups in total. The maximum Gasteiger partial charge on any atom is 0.132 e. The lowest BCUT2D eigenvalue weighted by atomic mass is 10.0. The molecule has 0 aliphatic carbocycles. The number of rotatable bonds is 2. The van der Waals surface area contributed by atoms with E-state index in [0.29, 0.717) is 6.54 Å². The molecule has 2 rings (SSSR count). The highest BCUT2D eigenvalue weighted by Gasteiger charge is 2.15. The van der Waals surface area contributed by atoms with Crippen molar-refractivity contribution in [2.24, 2.45) is 12.8 Å². The Labute approximate surface area is 110 Å². The highest BCUT2D eigenvalue weighted by molar-refractivity contribution is 9.10. The second kappa shape index (κ2) is 4.63. The standard InChI is InChI=1S/C13H16BrN3/c1-8-4-5-9(2)10(6-8)12-13(14)16-11(7-15)17(12)3/h4-6H,7,15H2,1-3H3. The third kappa shape index (κ3) is 2.15. The van der Waals surface area contributed by atoms with Crippen LogP contribution in [0.4, 0.5) is 0 Å². The average Bonchev–Trinajstić information content (AvgIpc) is 2.58. The van der Waals surface area contributed by atoms with Crippen LogP contribution in [0.1, 0.15) is 17.0 Å². The van der Waals surface area contributed by atoms with Gasteiger partial charge in [0.2, 0.25) is 0 Å². The van der Waals surface area contributed by atoms with Gasteiger partial charge in [0.25, 0.3) is 0 Å². The zero-order valence-electron chi connectivity index (χ0n) is 10.3. The van der Waals surface area contributed by atoms with E-state index in [9.17, 15) is 0 Å². The van der Waals surface area contributed by atoms with E-state index in [1.54, 1.807) is 0 Å². The van der Waals surface area contributed by atoms with Gasteiger partial charge in [0, 0.05) is 12.6 Å². The van der Waals surface area contributed by atoms with Crippen LogP contribution in [0, 0.1) is 13.8 Å². The third-order valence-electron chi connectivity index (χ3n) is 2.98. The van der Waals surface area contributed by atoms with Gasteiger partial charge >= 0.3 is 0 Å². The predicted molar refractivity (Wildman–Crippen MR) is 73.7 cm³/mol. The molecular weight excluding hydrogens is 278 g/mol. The Bertz CT molecular complexity index is 558. The predicted octanol–water partition coefficient (Wildman–Crippen LogP) is 2.93. The first-order valence-corrected chi connectivity index (χ1v) is 6.32. The summed E-state index contributed by atoms with van der Waals surface area (Å²) in [5.41, 5.74) is 10.4. The molecule has 0 atom stereocenters. The summed E-state index contributed by atoms with van der Waals surface area (Å²) in [6, 6.07) is 6.43. The zero-order chi connectivity index (χ0) is 12.6. The Kier molecular flexibility index (Phi) is 3.35. The summed E-state index contributed by atoms with van der Waals surface area (Å²) in [7, 11) is 2.00. The van der Waals surface area contributed by atoms with Gasteiger partial charge in [0.05, 0.1) is 12.2 Å². The third-order valence-corrected chi connectivity index (χ3v) is 3.53. The van der Waals surface area contributed by atoms with Crippen molar-refractivity contribution < 1.29 is 0 Å². The molecule has 0 aliphatic heterocycles. The van der Waals surface area contributed by atoms with Crippen LogP contribution in [0.25, 0.3) is 11.3 Å². The molecule has 0 saturated heterocycles. The molecule has 1 aromatic carbocycles. The highest BCUT2D eigenvalue weighted by atomic mass is 79.9. The Balaban J connectivity index is 2.68. The lowest BCUT2D eigenvalue weighted by Gasteiger charge is -2.09. The molecule has 0 radical (unpaired) electrons. The summed E-state index contributed by atoms with van der Waals surface area (Å²) in [5.74, 6) is 0.882. The minimum absolute atomic E-state index is 0.444. The first-order chi connectivity index (χ1) is 8.04. The molecule has 0 bridgehead atoms. The summed E-state index contributed by atoms with van der Waals surface area (Å²) < 4.78 is 2.90. The largest absolute Gasteiger partial charge is 0.329 e. The number of nitrogens with zero attached hydrogens (tertiary/aromatic N) is 2. The molecule has 90 valence electrons. The molecular formula is C13H16BrN3. The number of nitrogens with two attached hydrogens (primary N) is 1. The number of hydrogen-bond acceptors (Lipinski definition) is 2. The monoisotopic (exact) mass is 293 g/mol. The second-order valence-electron chi connectivity index (χ2n) is 4.25. The highest BCUT2D eigenvalue weighted by Crippen LogP contribution is 2.31. The van der Waals surface area contributed by atoms with Crippen molar-refractivity contribution in [3.8, 4) is 11.3 Å². The molecule has 1 heterocycles. The van der Waals surface area contributed by atoms with E-state index in [1.165, 1.54) is 16.7 Å². The maximum atomic E-state index is 5.67. The summed E-state index contributed by atoms with van der Waals surface area (Å²) in [6.07, 6.45) is 0. The van der Waals surface area contributed by atoms with Gasteiger partial charge in [-0.15, -0.1) is 0 Å². The number of halogens is 1. The summed E-state index contributed by atoms with van der Waals surface area (Å²) >= 11 is 3.52. The van der Waals surface area contributed by atoms with Crippen LogP contribution >= 0.6 is 15.9 Å². The van der Waals surface area contributed by atoms with Crippen molar-refractivity contribution in [1.29, 1.82) is 0 Å². The van der Waals surface area contributed by atoms with Crippen molar-refractivity contribution in [2.75, 3.05) is 0 Å². The minimum atomic E-state index is 0.444. The van der Waals surface area contributed by atoms with Gasteiger partial charge in [-0.1, -0.05) is 17.7 Å². The summed E-state index contributed by atoms with van der Waals surface area (Å²) in [4.78, 5) is 4.43. The Morgan fingerprint density at radius 1 is 1.35 bits per heavy atom. The van der Waals surface area contributed by atoms with Crippen LogP contribution in [-0.2, 0) is 13.6 Å². The smallest absolute Gasteiger partial charge is 0.132 e. The lowest BCUT2D eigenvalue weighted by molar-refractivity contribution is 0.798. The van der Waals surface area contributed by atoms with Crippen LogP contribution in [0.5, 0.6) is 0 Å². The van der Waals surface area contributed by atoms with E-state index in [0.717, 1.165) is 16.1 Å². The molecule has 17 heavy (non-hydrogen) atoms. The molecule has 0 spiro atoms. The molecule has 1 aromatic heterocycles. The zero-order valence-corrected chi connectivity index (χ0v) is 11.9. The van der Waals surface area contributed by atoms with Crippen molar-refractivity contribution >= 4 is 15.9 Å². The van der Waals surface area contributed by atoms with E-state index in [4.69, 9.17) is 5.73 Å². The molecule has 4 heteroatoms. The van der Waals surface area contributed by atoms with Crippen LogP contribution < -0.4 is 5.73 Å². The van der Waals surface area contributed by atoms with Crippen molar-refractivity contribution in [3.63, 3.8) is 0 Å². The summed E-state index contributed by atoms with van der Waals surface area (Å²) in [5, 5.41) is 0. The van der Waals surface area contributed by atoms with Gasteiger partial charge in [-0.05, 0) is 41.4 Å². The molecule has 0 unspecified atom stereocenters. The van der Waals surface area contributed by atoms with Crippen molar-refractivity contribution in [1.82, 2.24) is 9.55 Å². The van der Waals surface area contributed by atoms with Gasteiger partial charge in [-0.2, -0.15) is 0 Å². The first-order valence-electron chi connectivity index (χ1n) is 5.53. The van der Waals surface area contributed by atoms with Crippen molar-refractivity contribution in [2.45, 2.75) is 20.4 Å². The van der Waals surface area contributed by atoms with Gasteiger partial charge < -0.3 is 10.3 Å². The quantitative estimate of drug-likeness (QED) is 0.925. The number of aromatic nitrogens is 2. The minimum Gasteiger partial charge on any atom is -0.329 e. The molecule has 2 aromatic rings. The maximum absolute atomic E-state index is 5.67. The average molecular weight is 294 g/mol. The molecule has 0 amide bonds. The van der Waals surface area contributed by atoms with Gasteiger partial charge in [-0.3, -0.25) is 0 Å². The van der Waals surface area contributed by atoms with E-state index >= 15 is 0 Å². The van der Waals surface area contributed by atoms with Crippen LogP contribution in [-0.4, -0.2) is 9.55 Å². The fourth-order valence-corrected chi connectivity index (χ4v) is 2.66. The normalized spacial score (nSPS) is 10.9. The van der Waals surface area contributed by atoms with Gasteiger partial charge in [0.15, 0.2) is 0 Å². The van der Waals surface area contributed by atoms with Crippen LogP contribution in [0.2, 0.25) is 0 Å². The number of imidazole rings is 1. The van der Waals surface area contributed by atoms with Gasteiger partial charge in [-0.25, -0.2) is 4.98 Å². The first kappa shape index (κ1) is 12.3. The number of aryl methyl sites for hydroxylation is 2. The Morgan fingerprint density at radius 2 is 2.06 bits per heavy atom. The van der Waals surface area contributed by atoms with E-state index in [-0.39, 0.29) is 0 Å². The topological polar surface area (TPSA) is 43.8 Å². The van der Waals surface area contributed by atoms with Crippen LogP contribution in [0.3, 0.4) is 0 Å². The van der Waals surface area contributed by atoms with E-state index in [1.807, 2.05) is 11.6 Å². The van der Waals surface area contributed by atoms with Crippen molar-refractivity contribution in [3.05, 3.63) is 39.8 Å².